The molecule has 0 aliphatic carbocycles. The van der Waals surface area contributed by atoms with E-state index >= 15 is 0 Å². The molecule has 166 valence electrons. The number of carbonyl (C=O) groups excluding carboxylic acids is 2. The van der Waals surface area contributed by atoms with E-state index in [2.05, 4.69) is 42.7 Å². The number of hydrogen-bond acceptors (Lipinski definition) is 2. The molecule has 6 heteroatoms. The largest absolute Gasteiger partial charge is 0.351 e. The fraction of sp³-hybridized carbons (Fsp3) is 0.440. The van der Waals surface area contributed by atoms with Crippen molar-refractivity contribution in [2.45, 2.75) is 26.7 Å². The minimum absolute atomic E-state index is 0.0554. The summed E-state index contributed by atoms with van der Waals surface area (Å²) in [4.78, 5) is 27.4. The molecule has 1 fully saturated rings. The zero-order chi connectivity index (χ0) is 22.2. The van der Waals surface area contributed by atoms with E-state index in [1.165, 1.54) is 20.9 Å². The first-order valence-electron chi connectivity index (χ1n) is 11.3. The van der Waals surface area contributed by atoms with Crippen LogP contribution in [0.4, 0.5) is 5.69 Å². The molecule has 0 unspecified atom stereocenters. The topological polar surface area (TPSA) is 67.1 Å². The number of aryl methyl sites for hydroxylation is 1. The van der Waals surface area contributed by atoms with Gasteiger partial charge in [-0.3, -0.25) is 9.59 Å². The number of nitrogens with one attached hydrogen (secondary N) is 4. The number of amides is 2. The van der Waals surface area contributed by atoms with Crippen LogP contribution in [0.1, 0.15) is 29.5 Å². The summed E-state index contributed by atoms with van der Waals surface area (Å²) in [5.74, 6) is 0.464. The summed E-state index contributed by atoms with van der Waals surface area (Å²) in [6, 6.07) is 16.2. The fourth-order valence-corrected chi connectivity index (χ4v) is 4.07. The highest BCUT2D eigenvalue weighted by atomic mass is 16.2. The minimum Gasteiger partial charge on any atom is -0.351 e. The highest BCUT2D eigenvalue weighted by molar-refractivity contribution is 5.92. The molecular weight excluding hydrogens is 388 g/mol. The maximum Gasteiger partial charge on any atom is 0.279 e. The van der Waals surface area contributed by atoms with Crippen LogP contribution in [0.5, 0.6) is 0 Å². The molecule has 1 aliphatic heterocycles. The second kappa shape index (κ2) is 11.1. The molecule has 0 bridgehead atoms. The number of anilines is 1. The van der Waals surface area contributed by atoms with Gasteiger partial charge in [-0.1, -0.05) is 49.4 Å². The Morgan fingerprint density at radius 3 is 2.13 bits per heavy atom. The Labute approximate surface area is 185 Å². The van der Waals surface area contributed by atoms with E-state index in [4.69, 9.17) is 0 Å². The van der Waals surface area contributed by atoms with Crippen LogP contribution >= 0.6 is 0 Å². The van der Waals surface area contributed by atoms with E-state index in [9.17, 15) is 9.59 Å². The second-order valence-electron chi connectivity index (χ2n) is 8.77. The molecule has 1 atom stereocenters. The minimum atomic E-state index is 0.0554. The molecule has 0 radical (unpaired) electrons. The van der Waals surface area contributed by atoms with Crippen LogP contribution in [0.3, 0.4) is 0 Å². The van der Waals surface area contributed by atoms with Crippen LogP contribution < -0.4 is 20.4 Å². The Balaban J connectivity index is 1.36. The van der Waals surface area contributed by atoms with Gasteiger partial charge in [0.25, 0.3) is 11.8 Å². The van der Waals surface area contributed by atoms with Crippen LogP contribution in [0, 0.1) is 13.8 Å². The number of rotatable bonds is 8. The van der Waals surface area contributed by atoms with Gasteiger partial charge in [0.05, 0.1) is 0 Å². The smallest absolute Gasteiger partial charge is 0.279 e. The maximum absolute atomic E-state index is 12.5. The van der Waals surface area contributed by atoms with Crippen LogP contribution in [0.25, 0.3) is 0 Å². The number of carbonyl (C=O) groups is 2. The van der Waals surface area contributed by atoms with E-state index < -0.39 is 0 Å². The van der Waals surface area contributed by atoms with Gasteiger partial charge in [0.2, 0.25) is 0 Å². The van der Waals surface area contributed by atoms with Gasteiger partial charge in [-0.15, -0.1) is 0 Å². The van der Waals surface area contributed by atoms with Crippen LogP contribution in [-0.4, -0.2) is 57.6 Å². The van der Waals surface area contributed by atoms with Crippen LogP contribution in [0.2, 0.25) is 0 Å². The van der Waals surface area contributed by atoms with E-state index in [-0.39, 0.29) is 11.8 Å². The van der Waals surface area contributed by atoms with Gasteiger partial charge in [0, 0.05) is 12.2 Å². The zero-order valence-electron chi connectivity index (χ0n) is 19.0. The van der Waals surface area contributed by atoms with Crippen molar-refractivity contribution in [2.24, 2.45) is 0 Å². The van der Waals surface area contributed by atoms with Gasteiger partial charge in [-0.25, -0.2) is 0 Å². The normalized spacial score (nSPS) is 19.5. The standard InChI is InChI=1S/C25H34N4O2/c1-19-8-7-11-23(21(19)3)27-25(31)18-29-14-12-28(13-15-29)17-24(30)26-16-20(2)22-9-5-4-6-10-22/h4-11,20H,12-18H2,1-3H3,(H,26,30)(H,27,31)/p+2/t20-/m0/s1. The summed E-state index contributed by atoms with van der Waals surface area (Å²) >= 11 is 0. The van der Waals surface area contributed by atoms with Crippen molar-refractivity contribution in [1.29, 1.82) is 0 Å². The maximum atomic E-state index is 12.5. The Bertz CT molecular complexity index is 876. The van der Waals surface area contributed by atoms with E-state index in [0.717, 1.165) is 37.4 Å². The van der Waals surface area contributed by atoms with Crippen molar-refractivity contribution in [2.75, 3.05) is 51.1 Å². The zero-order valence-corrected chi connectivity index (χ0v) is 19.0. The molecule has 2 aromatic rings. The summed E-state index contributed by atoms with van der Waals surface area (Å²) in [5, 5.41) is 6.13. The summed E-state index contributed by atoms with van der Waals surface area (Å²) in [5.41, 5.74) is 4.44. The fourth-order valence-electron chi connectivity index (χ4n) is 4.07. The number of benzene rings is 2. The molecule has 3 rings (SSSR count). The molecule has 2 amide bonds. The number of piperazine rings is 1. The Hall–Kier alpha value is -2.70. The lowest BCUT2D eigenvalue weighted by Crippen LogP contribution is -3.28. The van der Waals surface area contributed by atoms with Crippen molar-refractivity contribution in [1.82, 2.24) is 5.32 Å². The third-order valence-electron chi connectivity index (χ3n) is 6.34. The van der Waals surface area contributed by atoms with Crippen molar-refractivity contribution in [3.05, 3.63) is 65.2 Å². The first-order valence-corrected chi connectivity index (χ1v) is 11.3. The lowest BCUT2D eigenvalue weighted by atomic mass is 10.0. The molecule has 0 spiro atoms. The lowest BCUT2D eigenvalue weighted by Gasteiger charge is -2.29. The van der Waals surface area contributed by atoms with E-state index in [1.807, 2.05) is 37.3 Å². The van der Waals surface area contributed by atoms with Crippen LogP contribution in [-0.2, 0) is 9.59 Å². The van der Waals surface area contributed by atoms with Gasteiger partial charge >= 0.3 is 0 Å². The summed E-state index contributed by atoms with van der Waals surface area (Å²) in [6.07, 6.45) is 0. The van der Waals surface area contributed by atoms with Crippen LogP contribution in [0.15, 0.2) is 48.5 Å². The van der Waals surface area contributed by atoms with Crippen molar-refractivity contribution in [3.8, 4) is 0 Å². The Morgan fingerprint density at radius 1 is 0.871 bits per heavy atom. The predicted molar refractivity (Wildman–Crippen MR) is 124 cm³/mol. The number of hydrogen-bond donors (Lipinski definition) is 4. The molecule has 1 aliphatic rings. The Morgan fingerprint density at radius 2 is 1.48 bits per heavy atom. The highest BCUT2D eigenvalue weighted by Crippen LogP contribution is 2.17. The molecule has 2 aromatic carbocycles. The molecule has 1 saturated heterocycles. The average molecular weight is 425 g/mol. The summed E-state index contributed by atoms with van der Waals surface area (Å²) in [7, 11) is 0. The van der Waals surface area contributed by atoms with Gasteiger partial charge < -0.3 is 20.4 Å². The molecule has 1 heterocycles. The Kier molecular flexibility index (Phi) is 8.20. The highest BCUT2D eigenvalue weighted by Gasteiger charge is 2.26. The monoisotopic (exact) mass is 424 g/mol. The second-order valence-corrected chi connectivity index (χ2v) is 8.77. The quantitative estimate of drug-likeness (QED) is 0.480. The third-order valence-corrected chi connectivity index (χ3v) is 6.34. The predicted octanol–water partition coefficient (Wildman–Crippen LogP) is -0.0548. The van der Waals surface area contributed by atoms with Gasteiger partial charge in [0.1, 0.15) is 26.2 Å². The molecule has 4 N–H and O–H groups in total. The third kappa shape index (κ3) is 6.91. The summed E-state index contributed by atoms with van der Waals surface area (Å²) in [6.45, 7) is 11.5. The molecule has 31 heavy (non-hydrogen) atoms. The van der Waals surface area contributed by atoms with E-state index in [0.29, 0.717) is 25.6 Å². The van der Waals surface area contributed by atoms with Gasteiger partial charge in [-0.2, -0.15) is 0 Å². The van der Waals surface area contributed by atoms with Gasteiger partial charge in [-0.05, 0) is 42.5 Å². The summed E-state index contributed by atoms with van der Waals surface area (Å²) < 4.78 is 0. The molecule has 6 nitrogen and oxygen atoms in total. The SMILES string of the molecule is Cc1cccc(NC(=O)C[NH+]2CC[NH+](CC(=O)NC[C@H](C)c3ccccc3)CC2)c1C. The number of quaternary nitrogens is 2. The average Bonchev–Trinajstić information content (AvgIpc) is 2.77. The van der Waals surface area contributed by atoms with E-state index in [1.54, 1.807) is 0 Å². The van der Waals surface area contributed by atoms with Crippen molar-refractivity contribution in [3.63, 3.8) is 0 Å². The van der Waals surface area contributed by atoms with Crippen molar-refractivity contribution >= 4 is 17.5 Å². The molecule has 0 saturated carbocycles. The first kappa shape index (κ1) is 23.0. The lowest BCUT2D eigenvalue weighted by molar-refractivity contribution is -1.00. The molecular formula is C25H36N4O2+2. The first-order chi connectivity index (χ1) is 14.9. The van der Waals surface area contributed by atoms with Crippen molar-refractivity contribution < 1.29 is 19.4 Å². The molecule has 0 aromatic heterocycles. The van der Waals surface area contributed by atoms with Gasteiger partial charge in [0.15, 0.2) is 13.1 Å².